The lowest BCUT2D eigenvalue weighted by atomic mass is 10.3. The Balaban J connectivity index is 2.31. The molecule has 20 heavy (non-hydrogen) atoms. The Labute approximate surface area is 119 Å². The minimum Gasteiger partial charge on any atom is -0.385 e. The van der Waals surface area contributed by atoms with Crippen LogP contribution >= 0.6 is 0 Å². The molecule has 0 aliphatic carbocycles. The molecule has 1 amide bonds. The molecule has 1 aromatic rings. The fraction of sp³-hybridized carbons (Fsp3) is 0.615. The van der Waals surface area contributed by atoms with Crippen LogP contribution in [0.25, 0.3) is 0 Å². The Kier molecular flexibility index (Phi) is 8.25. The number of nitrogens with one attached hydrogen (secondary N) is 2. The zero-order valence-corrected chi connectivity index (χ0v) is 12.0. The first-order chi connectivity index (χ1) is 9.77. The van der Waals surface area contributed by atoms with Crippen molar-refractivity contribution in [1.29, 1.82) is 0 Å². The molecule has 112 valence electrons. The second-order valence-corrected chi connectivity index (χ2v) is 4.17. The van der Waals surface area contributed by atoms with Crippen molar-refractivity contribution in [3.63, 3.8) is 0 Å². The molecule has 0 aromatic carbocycles. The van der Waals surface area contributed by atoms with Crippen molar-refractivity contribution in [2.45, 2.75) is 12.8 Å². The second kappa shape index (κ2) is 10.1. The van der Waals surface area contributed by atoms with E-state index in [1.165, 1.54) is 12.4 Å². The zero-order chi connectivity index (χ0) is 14.6. The van der Waals surface area contributed by atoms with Crippen LogP contribution in [0, 0.1) is 0 Å². The van der Waals surface area contributed by atoms with Gasteiger partial charge in [0.05, 0.1) is 5.56 Å². The average Bonchev–Trinajstić information content (AvgIpc) is 2.48. The van der Waals surface area contributed by atoms with E-state index in [2.05, 4.69) is 20.6 Å². The first-order valence-electron chi connectivity index (χ1n) is 6.60. The monoisotopic (exact) mass is 282 g/mol. The van der Waals surface area contributed by atoms with Crippen LogP contribution in [0.15, 0.2) is 12.4 Å². The molecule has 2 N–H and O–H groups in total. The largest absolute Gasteiger partial charge is 0.385 e. The van der Waals surface area contributed by atoms with Gasteiger partial charge in [0.15, 0.2) is 0 Å². The topological polar surface area (TPSA) is 85.4 Å². The summed E-state index contributed by atoms with van der Waals surface area (Å²) in [5.74, 6) is 0.337. The summed E-state index contributed by atoms with van der Waals surface area (Å²) in [6.07, 6.45) is 4.68. The standard InChI is InChI=1S/C13H22N4O3/c1-19-7-3-5-14-12(18)11-9-16-13(17-10-11)15-6-4-8-20-2/h9-10H,3-8H2,1-2H3,(H,14,18)(H,15,16,17). The maximum Gasteiger partial charge on any atom is 0.254 e. The summed E-state index contributed by atoms with van der Waals surface area (Å²) < 4.78 is 9.85. The highest BCUT2D eigenvalue weighted by molar-refractivity contribution is 5.93. The highest BCUT2D eigenvalue weighted by Crippen LogP contribution is 2.00. The van der Waals surface area contributed by atoms with Gasteiger partial charge in [0.25, 0.3) is 5.91 Å². The summed E-state index contributed by atoms with van der Waals surface area (Å²) in [6.45, 7) is 2.62. The third-order valence-corrected chi connectivity index (χ3v) is 2.53. The maximum atomic E-state index is 11.7. The number of anilines is 1. The lowest BCUT2D eigenvalue weighted by molar-refractivity contribution is 0.0948. The van der Waals surface area contributed by atoms with Gasteiger partial charge in [0.1, 0.15) is 0 Å². The molecule has 0 bridgehead atoms. The molecule has 0 saturated carbocycles. The molecular formula is C13H22N4O3. The van der Waals surface area contributed by atoms with E-state index >= 15 is 0 Å². The SMILES string of the molecule is COCCCNC(=O)c1cnc(NCCCOC)nc1. The van der Waals surface area contributed by atoms with Gasteiger partial charge in [0, 0.05) is 52.9 Å². The maximum absolute atomic E-state index is 11.7. The van der Waals surface area contributed by atoms with E-state index in [0.717, 1.165) is 19.4 Å². The number of hydrogen-bond acceptors (Lipinski definition) is 6. The normalized spacial score (nSPS) is 10.3. The lowest BCUT2D eigenvalue weighted by Gasteiger charge is -2.06. The highest BCUT2D eigenvalue weighted by Gasteiger charge is 2.06. The molecule has 0 radical (unpaired) electrons. The van der Waals surface area contributed by atoms with Crippen molar-refractivity contribution in [3.8, 4) is 0 Å². The van der Waals surface area contributed by atoms with E-state index in [-0.39, 0.29) is 5.91 Å². The average molecular weight is 282 g/mol. The minimum atomic E-state index is -0.174. The van der Waals surface area contributed by atoms with Crippen LogP contribution in [-0.4, -0.2) is 56.4 Å². The molecule has 1 heterocycles. The van der Waals surface area contributed by atoms with Crippen LogP contribution in [0.2, 0.25) is 0 Å². The summed E-state index contributed by atoms with van der Waals surface area (Å²) in [5, 5.41) is 5.83. The van der Waals surface area contributed by atoms with E-state index in [0.29, 0.717) is 31.3 Å². The van der Waals surface area contributed by atoms with E-state index < -0.39 is 0 Å². The smallest absolute Gasteiger partial charge is 0.254 e. The number of rotatable bonds is 10. The lowest BCUT2D eigenvalue weighted by Crippen LogP contribution is -2.25. The minimum absolute atomic E-state index is 0.174. The van der Waals surface area contributed by atoms with Crippen LogP contribution in [0.3, 0.4) is 0 Å². The van der Waals surface area contributed by atoms with Gasteiger partial charge in [-0.2, -0.15) is 0 Å². The molecule has 0 aliphatic heterocycles. The number of amides is 1. The third kappa shape index (κ3) is 6.44. The fourth-order valence-electron chi connectivity index (χ4n) is 1.47. The van der Waals surface area contributed by atoms with Crippen LogP contribution < -0.4 is 10.6 Å². The molecule has 0 unspecified atom stereocenters. The summed E-state index contributed by atoms with van der Waals surface area (Å²) in [6, 6.07) is 0. The number of ether oxygens (including phenoxy) is 2. The van der Waals surface area contributed by atoms with E-state index in [9.17, 15) is 4.79 Å². The van der Waals surface area contributed by atoms with Crippen molar-refractivity contribution in [1.82, 2.24) is 15.3 Å². The van der Waals surface area contributed by atoms with Crippen molar-refractivity contribution < 1.29 is 14.3 Å². The predicted molar refractivity (Wildman–Crippen MR) is 75.8 cm³/mol. The number of carbonyl (C=O) groups excluding carboxylic acids is 1. The Bertz CT molecular complexity index is 384. The zero-order valence-electron chi connectivity index (χ0n) is 12.0. The van der Waals surface area contributed by atoms with E-state index in [1.807, 2.05) is 0 Å². The third-order valence-electron chi connectivity index (χ3n) is 2.53. The molecule has 0 spiro atoms. The summed E-state index contributed by atoms with van der Waals surface area (Å²) in [5.41, 5.74) is 0.449. The van der Waals surface area contributed by atoms with E-state index in [4.69, 9.17) is 9.47 Å². The predicted octanol–water partition coefficient (Wildman–Crippen LogP) is 0.691. The Morgan fingerprint density at radius 2 is 1.70 bits per heavy atom. The number of methoxy groups -OCH3 is 2. The summed E-state index contributed by atoms with van der Waals surface area (Å²) >= 11 is 0. The van der Waals surface area contributed by atoms with Crippen LogP contribution in [0.4, 0.5) is 5.95 Å². The number of aromatic nitrogens is 2. The molecule has 7 heteroatoms. The van der Waals surface area contributed by atoms with Crippen LogP contribution in [0.1, 0.15) is 23.2 Å². The molecule has 0 fully saturated rings. The Morgan fingerprint density at radius 1 is 1.10 bits per heavy atom. The van der Waals surface area contributed by atoms with E-state index in [1.54, 1.807) is 14.2 Å². The van der Waals surface area contributed by atoms with Gasteiger partial charge in [-0.05, 0) is 12.8 Å². The van der Waals surface area contributed by atoms with Crippen LogP contribution in [0.5, 0.6) is 0 Å². The first-order valence-corrected chi connectivity index (χ1v) is 6.60. The van der Waals surface area contributed by atoms with Gasteiger partial charge < -0.3 is 20.1 Å². The molecule has 0 atom stereocenters. The Hall–Kier alpha value is -1.73. The summed E-state index contributed by atoms with van der Waals surface area (Å²) in [4.78, 5) is 19.9. The fourth-order valence-corrected chi connectivity index (χ4v) is 1.47. The molecule has 1 rings (SSSR count). The summed E-state index contributed by atoms with van der Waals surface area (Å²) in [7, 11) is 3.30. The molecule has 1 aromatic heterocycles. The van der Waals surface area contributed by atoms with Gasteiger partial charge >= 0.3 is 0 Å². The van der Waals surface area contributed by atoms with Gasteiger partial charge in [0.2, 0.25) is 5.95 Å². The number of nitrogens with zero attached hydrogens (tertiary/aromatic N) is 2. The Morgan fingerprint density at radius 3 is 2.30 bits per heavy atom. The van der Waals surface area contributed by atoms with Crippen LogP contribution in [-0.2, 0) is 9.47 Å². The second-order valence-electron chi connectivity index (χ2n) is 4.17. The number of hydrogen-bond donors (Lipinski definition) is 2. The first kappa shape index (κ1) is 16.3. The quantitative estimate of drug-likeness (QED) is 0.614. The van der Waals surface area contributed by atoms with Crippen molar-refractivity contribution in [3.05, 3.63) is 18.0 Å². The molecule has 0 aliphatic rings. The number of carbonyl (C=O) groups is 1. The molecular weight excluding hydrogens is 260 g/mol. The van der Waals surface area contributed by atoms with Gasteiger partial charge in [-0.15, -0.1) is 0 Å². The van der Waals surface area contributed by atoms with Gasteiger partial charge in [-0.25, -0.2) is 9.97 Å². The van der Waals surface area contributed by atoms with Crippen molar-refractivity contribution in [2.75, 3.05) is 45.8 Å². The molecule has 0 saturated heterocycles. The van der Waals surface area contributed by atoms with Crippen molar-refractivity contribution in [2.24, 2.45) is 0 Å². The van der Waals surface area contributed by atoms with Gasteiger partial charge in [-0.1, -0.05) is 0 Å². The van der Waals surface area contributed by atoms with Crippen molar-refractivity contribution >= 4 is 11.9 Å². The van der Waals surface area contributed by atoms with Gasteiger partial charge in [-0.3, -0.25) is 4.79 Å². The molecule has 7 nitrogen and oxygen atoms in total. The highest BCUT2D eigenvalue weighted by atomic mass is 16.5.